The van der Waals surface area contributed by atoms with E-state index in [4.69, 9.17) is 5.11 Å². The lowest BCUT2D eigenvalue weighted by Crippen LogP contribution is -2.55. The zero-order valence-corrected chi connectivity index (χ0v) is 11.3. The Labute approximate surface area is 113 Å². The van der Waals surface area contributed by atoms with Gasteiger partial charge in [-0.25, -0.2) is 4.79 Å². The minimum Gasteiger partial charge on any atom is -0.478 e. The number of carboxylic acids is 1. The van der Waals surface area contributed by atoms with Crippen LogP contribution in [0.15, 0.2) is 11.6 Å². The Hall–Kier alpha value is -1.32. The van der Waals surface area contributed by atoms with Crippen molar-refractivity contribution in [3.63, 3.8) is 0 Å². The van der Waals surface area contributed by atoms with Crippen molar-refractivity contribution in [2.45, 2.75) is 45.1 Å². The van der Waals surface area contributed by atoms with Gasteiger partial charge in [0, 0.05) is 17.7 Å². The molecule has 0 aromatic rings. The van der Waals surface area contributed by atoms with E-state index in [2.05, 4.69) is 5.32 Å². The second-order valence-corrected chi connectivity index (χ2v) is 6.60. The number of carbonyl (C=O) groups excluding carboxylic acids is 1. The van der Waals surface area contributed by atoms with Gasteiger partial charge in [-0.05, 0) is 62.7 Å². The van der Waals surface area contributed by atoms with Gasteiger partial charge >= 0.3 is 5.97 Å². The molecule has 0 radical (unpaired) electrons. The van der Waals surface area contributed by atoms with Crippen molar-refractivity contribution in [1.29, 1.82) is 0 Å². The average Bonchev–Trinajstić information content (AvgIpc) is 2.32. The third kappa shape index (κ3) is 2.40. The van der Waals surface area contributed by atoms with Gasteiger partial charge in [0.2, 0.25) is 5.91 Å². The van der Waals surface area contributed by atoms with Crippen LogP contribution in [-0.2, 0) is 9.59 Å². The van der Waals surface area contributed by atoms with Crippen molar-refractivity contribution in [3.8, 4) is 0 Å². The number of hydrogen-bond acceptors (Lipinski definition) is 2. The summed E-state index contributed by atoms with van der Waals surface area (Å²) >= 11 is 0. The van der Waals surface area contributed by atoms with Crippen LogP contribution in [0.1, 0.15) is 39.0 Å². The number of rotatable bonds is 3. The van der Waals surface area contributed by atoms with Gasteiger partial charge in [-0.1, -0.05) is 0 Å². The topological polar surface area (TPSA) is 66.4 Å². The summed E-state index contributed by atoms with van der Waals surface area (Å²) in [4.78, 5) is 22.6. The molecule has 0 unspecified atom stereocenters. The van der Waals surface area contributed by atoms with Crippen LogP contribution in [0.5, 0.6) is 0 Å². The fourth-order valence-electron chi connectivity index (χ4n) is 4.63. The van der Waals surface area contributed by atoms with Crippen molar-refractivity contribution in [2.24, 2.45) is 23.7 Å². The lowest BCUT2D eigenvalue weighted by Gasteiger charge is -2.54. The van der Waals surface area contributed by atoms with Crippen LogP contribution in [0, 0.1) is 23.7 Å². The second-order valence-electron chi connectivity index (χ2n) is 6.60. The summed E-state index contributed by atoms with van der Waals surface area (Å²) in [6.07, 6.45) is 7.61. The van der Waals surface area contributed by atoms with Gasteiger partial charge in [0.1, 0.15) is 0 Å². The van der Waals surface area contributed by atoms with Gasteiger partial charge in [0.15, 0.2) is 0 Å². The lowest BCUT2D eigenvalue weighted by atomic mass is 9.54. The summed E-state index contributed by atoms with van der Waals surface area (Å²) in [6, 6.07) is 0.276. The maximum atomic E-state index is 11.9. The number of carboxylic acid groups (broad SMARTS) is 1. The molecule has 4 fully saturated rings. The first-order chi connectivity index (χ1) is 9.02. The predicted molar refractivity (Wildman–Crippen MR) is 70.4 cm³/mol. The van der Waals surface area contributed by atoms with E-state index in [1.165, 1.54) is 45.1 Å². The Morgan fingerprint density at radius 1 is 1.05 bits per heavy atom. The molecule has 0 aromatic carbocycles. The molecule has 4 rings (SSSR count). The van der Waals surface area contributed by atoms with Gasteiger partial charge in [-0.2, -0.15) is 0 Å². The molecular weight excluding hydrogens is 242 g/mol. The van der Waals surface area contributed by atoms with Crippen LogP contribution in [0.2, 0.25) is 0 Å². The molecule has 0 aliphatic heterocycles. The quantitative estimate of drug-likeness (QED) is 0.765. The highest BCUT2D eigenvalue weighted by molar-refractivity contribution is 5.97. The van der Waals surface area contributed by atoms with E-state index in [0.717, 1.165) is 11.8 Å². The first kappa shape index (κ1) is 12.7. The molecule has 4 saturated carbocycles. The average molecular weight is 263 g/mol. The van der Waals surface area contributed by atoms with Crippen LogP contribution in [0.25, 0.3) is 0 Å². The molecule has 4 aliphatic rings. The third-order valence-electron chi connectivity index (χ3n) is 5.22. The summed E-state index contributed by atoms with van der Waals surface area (Å²) < 4.78 is 0. The van der Waals surface area contributed by atoms with Crippen LogP contribution in [-0.4, -0.2) is 23.0 Å². The van der Waals surface area contributed by atoms with E-state index in [1.807, 2.05) is 0 Å². The van der Waals surface area contributed by atoms with Crippen molar-refractivity contribution < 1.29 is 14.7 Å². The van der Waals surface area contributed by atoms with Gasteiger partial charge in [0.25, 0.3) is 0 Å². The molecule has 19 heavy (non-hydrogen) atoms. The van der Waals surface area contributed by atoms with Gasteiger partial charge in [-0.3, -0.25) is 4.79 Å². The largest absolute Gasteiger partial charge is 0.478 e. The fraction of sp³-hybridized carbons (Fsp3) is 0.733. The zero-order chi connectivity index (χ0) is 13.6. The summed E-state index contributed by atoms with van der Waals surface area (Å²) in [5, 5.41) is 11.9. The second kappa shape index (κ2) is 4.66. The Morgan fingerprint density at radius 2 is 1.58 bits per heavy atom. The molecular formula is C15H21NO3. The number of aliphatic carboxylic acids is 1. The molecule has 0 atom stereocenters. The zero-order valence-electron chi connectivity index (χ0n) is 11.3. The minimum atomic E-state index is -1.03. The highest BCUT2D eigenvalue weighted by Gasteiger charge is 2.48. The van der Waals surface area contributed by atoms with E-state index in [9.17, 15) is 9.59 Å². The summed E-state index contributed by atoms with van der Waals surface area (Å²) in [5.74, 6) is 1.74. The fourth-order valence-corrected chi connectivity index (χ4v) is 4.63. The number of amides is 1. The van der Waals surface area contributed by atoms with E-state index >= 15 is 0 Å². The first-order valence-electron chi connectivity index (χ1n) is 7.25. The van der Waals surface area contributed by atoms with E-state index in [1.54, 1.807) is 0 Å². The first-order valence-corrected chi connectivity index (χ1v) is 7.25. The molecule has 2 N–H and O–H groups in total. The van der Waals surface area contributed by atoms with Crippen LogP contribution in [0.3, 0.4) is 0 Å². The van der Waals surface area contributed by atoms with E-state index in [-0.39, 0.29) is 17.5 Å². The van der Waals surface area contributed by atoms with Crippen LogP contribution >= 0.6 is 0 Å². The van der Waals surface area contributed by atoms with Crippen molar-refractivity contribution in [3.05, 3.63) is 11.6 Å². The van der Waals surface area contributed by atoms with Crippen molar-refractivity contribution >= 4 is 11.9 Å². The molecule has 1 amide bonds. The van der Waals surface area contributed by atoms with Crippen LogP contribution < -0.4 is 5.32 Å². The third-order valence-corrected chi connectivity index (χ3v) is 5.22. The summed E-state index contributed by atoms with van der Waals surface area (Å²) in [7, 11) is 0. The highest BCUT2D eigenvalue weighted by atomic mass is 16.4. The minimum absolute atomic E-state index is 0.0984. The Bertz CT molecular complexity index is 413. The van der Waals surface area contributed by atoms with Crippen molar-refractivity contribution in [2.75, 3.05) is 0 Å². The summed E-state index contributed by atoms with van der Waals surface area (Å²) in [5.41, 5.74) is 0.0984. The lowest BCUT2D eigenvalue weighted by molar-refractivity contribution is -0.133. The van der Waals surface area contributed by atoms with Gasteiger partial charge < -0.3 is 10.4 Å². The van der Waals surface area contributed by atoms with Crippen molar-refractivity contribution in [1.82, 2.24) is 5.32 Å². The Balaban J connectivity index is 1.66. The maximum absolute atomic E-state index is 11.9. The molecule has 0 spiro atoms. The molecule has 4 aliphatic carbocycles. The molecule has 4 heteroatoms. The Kier molecular flexibility index (Phi) is 3.11. The number of nitrogens with one attached hydrogen (secondary N) is 1. The molecule has 4 bridgehead atoms. The molecule has 0 heterocycles. The standard InChI is InChI=1S/C15H21NO3/c1-8(15(18)19)2-13(17)16-14-11-4-9-3-10(6-11)7-12(14)5-9/h2,9-12,14H,3-7H2,1H3,(H,16,17)(H,18,19)/b8-2+. The Morgan fingerprint density at radius 3 is 2.05 bits per heavy atom. The smallest absolute Gasteiger partial charge is 0.331 e. The van der Waals surface area contributed by atoms with E-state index in [0.29, 0.717) is 11.8 Å². The summed E-state index contributed by atoms with van der Waals surface area (Å²) in [6.45, 7) is 1.46. The molecule has 4 nitrogen and oxygen atoms in total. The van der Waals surface area contributed by atoms with Gasteiger partial charge in [0.05, 0.1) is 0 Å². The van der Waals surface area contributed by atoms with Crippen LogP contribution in [0.4, 0.5) is 0 Å². The molecule has 0 aromatic heterocycles. The maximum Gasteiger partial charge on any atom is 0.331 e. The number of carbonyl (C=O) groups is 2. The monoisotopic (exact) mass is 263 g/mol. The normalized spacial score (nSPS) is 40.3. The number of hydrogen-bond donors (Lipinski definition) is 2. The predicted octanol–water partition coefficient (Wildman–Crippen LogP) is 1.96. The van der Waals surface area contributed by atoms with E-state index < -0.39 is 5.97 Å². The highest BCUT2D eigenvalue weighted by Crippen LogP contribution is 2.53. The molecule has 104 valence electrons. The SMILES string of the molecule is C/C(=C\C(=O)NC1C2CC3CC(C2)CC1C3)C(=O)O. The molecule has 0 saturated heterocycles. The van der Waals surface area contributed by atoms with Gasteiger partial charge in [-0.15, -0.1) is 0 Å².